The van der Waals surface area contributed by atoms with E-state index < -0.39 is 0 Å². The van der Waals surface area contributed by atoms with Gasteiger partial charge in [-0.1, -0.05) is 27.2 Å². The Morgan fingerprint density at radius 2 is 1.81 bits per heavy atom. The molecule has 1 amide bonds. The van der Waals surface area contributed by atoms with Crippen LogP contribution in [-0.2, 0) is 4.79 Å². The highest BCUT2D eigenvalue weighted by atomic mass is 16.2. The maximum absolute atomic E-state index is 11.7. The van der Waals surface area contributed by atoms with Crippen molar-refractivity contribution >= 4 is 5.91 Å². The zero-order valence-corrected chi connectivity index (χ0v) is 11.5. The van der Waals surface area contributed by atoms with Gasteiger partial charge in [-0.2, -0.15) is 0 Å². The van der Waals surface area contributed by atoms with Gasteiger partial charge < -0.3 is 10.6 Å². The Bertz CT molecular complexity index is 194. The molecule has 0 aromatic heterocycles. The first-order valence-corrected chi connectivity index (χ1v) is 6.54. The van der Waals surface area contributed by atoms with E-state index in [2.05, 4.69) is 31.4 Å². The predicted octanol–water partition coefficient (Wildman–Crippen LogP) is 2.32. The van der Waals surface area contributed by atoms with Crippen LogP contribution in [0, 0.1) is 5.92 Å². The van der Waals surface area contributed by atoms with Crippen molar-refractivity contribution in [3.63, 3.8) is 0 Å². The average molecular weight is 228 g/mol. The van der Waals surface area contributed by atoms with Crippen LogP contribution in [0.2, 0.25) is 0 Å². The molecule has 0 radical (unpaired) electrons. The van der Waals surface area contributed by atoms with E-state index in [9.17, 15) is 4.79 Å². The molecule has 0 saturated carbocycles. The lowest BCUT2D eigenvalue weighted by molar-refractivity contribution is -0.123. The molecule has 0 aromatic carbocycles. The molecule has 0 aromatic rings. The SMILES string of the molecule is CCCC(C)CNC(C)C(=O)NC(C)CC. The van der Waals surface area contributed by atoms with E-state index in [1.807, 2.05) is 13.8 Å². The minimum absolute atomic E-state index is 0.0895. The maximum atomic E-state index is 11.7. The molecule has 0 aliphatic carbocycles. The maximum Gasteiger partial charge on any atom is 0.237 e. The van der Waals surface area contributed by atoms with Gasteiger partial charge in [0.15, 0.2) is 0 Å². The minimum atomic E-state index is -0.0895. The van der Waals surface area contributed by atoms with Crippen LogP contribution >= 0.6 is 0 Å². The molecule has 3 atom stereocenters. The molecule has 2 N–H and O–H groups in total. The highest BCUT2D eigenvalue weighted by Gasteiger charge is 2.14. The lowest BCUT2D eigenvalue weighted by Gasteiger charge is -2.19. The van der Waals surface area contributed by atoms with Gasteiger partial charge in [0.2, 0.25) is 5.91 Å². The Hall–Kier alpha value is -0.570. The van der Waals surface area contributed by atoms with Gasteiger partial charge in [-0.05, 0) is 39.2 Å². The van der Waals surface area contributed by atoms with Gasteiger partial charge in [-0.15, -0.1) is 0 Å². The lowest BCUT2D eigenvalue weighted by atomic mass is 10.1. The fourth-order valence-electron chi connectivity index (χ4n) is 1.54. The van der Waals surface area contributed by atoms with E-state index in [-0.39, 0.29) is 18.0 Å². The van der Waals surface area contributed by atoms with Crippen molar-refractivity contribution in [2.75, 3.05) is 6.54 Å². The van der Waals surface area contributed by atoms with Crippen molar-refractivity contribution in [3.05, 3.63) is 0 Å². The highest BCUT2D eigenvalue weighted by molar-refractivity contribution is 5.81. The molecular weight excluding hydrogens is 200 g/mol. The van der Waals surface area contributed by atoms with Crippen LogP contribution < -0.4 is 10.6 Å². The summed E-state index contributed by atoms with van der Waals surface area (Å²) in [4.78, 5) is 11.7. The van der Waals surface area contributed by atoms with Crippen LogP contribution in [0.25, 0.3) is 0 Å². The molecule has 3 unspecified atom stereocenters. The molecule has 96 valence electrons. The van der Waals surface area contributed by atoms with Crippen molar-refractivity contribution in [3.8, 4) is 0 Å². The summed E-state index contributed by atoms with van der Waals surface area (Å²) in [6.07, 6.45) is 3.40. The number of nitrogens with one attached hydrogen (secondary N) is 2. The van der Waals surface area contributed by atoms with Crippen LogP contribution in [0.5, 0.6) is 0 Å². The summed E-state index contributed by atoms with van der Waals surface area (Å²) in [7, 11) is 0. The zero-order chi connectivity index (χ0) is 12.6. The number of rotatable bonds is 8. The lowest BCUT2D eigenvalue weighted by Crippen LogP contribution is -2.46. The van der Waals surface area contributed by atoms with Gasteiger partial charge in [0.25, 0.3) is 0 Å². The standard InChI is InChI=1S/C13H28N2O/c1-6-8-10(3)9-14-12(5)13(16)15-11(4)7-2/h10-12,14H,6-9H2,1-5H3,(H,15,16). The number of hydrogen-bond donors (Lipinski definition) is 2. The van der Waals surface area contributed by atoms with Crippen LogP contribution in [0.15, 0.2) is 0 Å². The molecule has 0 bridgehead atoms. The van der Waals surface area contributed by atoms with Crippen LogP contribution in [-0.4, -0.2) is 24.5 Å². The second-order valence-electron chi connectivity index (χ2n) is 4.84. The summed E-state index contributed by atoms with van der Waals surface area (Å²) >= 11 is 0. The third-order valence-corrected chi connectivity index (χ3v) is 2.95. The van der Waals surface area contributed by atoms with Gasteiger partial charge >= 0.3 is 0 Å². The predicted molar refractivity (Wildman–Crippen MR) is 69.4 cm³/mol. The van der Waals surface area contributed by atoms with Crippen molar-refractivity contribution in [2.24, 2.45) is 5.92 Å². The minimum Gasteiger partial charge on any atom is -0.352 e. The van der Waals surface area contributed by atoms with Crippen molar-refractivity contribution in [1.29, 1.82) is 0 Å². The molecular formula is C13H28N2O. The molecule has 0 saturated heterocycles. The monoisotopic (exact) mass is 228 g/mol. The first-order chi connectivity index (χ1) is 7.51. The van der Waals surface area contributed by atoms with E-state index in [0.717, 1.165) is 13.0 Å². The summed E-state index contributed by atoms with van der Waals surface area (Å²) in [5, 5.41) is 6.27. The van der Waals surface area contributed by atoms with Gasteiger partial charge in [-0.25, -0.2) is 0 Å². The van der Waals surface area contributed by atoms with E-state index >= 15 is 0 Å². The average Bonchev–Trinajstić information content (AvgIpc) is 2.25. The first kappa shape index (κ1) is 15.4. The fraction of sp³-hybridized carbons (Fsp3) is 0.923. The first-order valence-electron chi connectivity index (χ1n) is 6.54. The Kier molecular flexibility index (Phi) is 8.26. The van der Waals surface area contributed by atoms with E-state index in [1.54, 1.807) is 0 Å². The van der Waals surface area contributed by atoms with Gasteiger partial charge in [0, 0.05) is 6.04 Å². The zero-order valence-electron chi connectivity index (χ0n) is 11.5. The summed E-state index contributed by atoms with van der Waals surface area (Å²) in [5.74, 6) is 0.752. The number of amides is 1. The Balaban J connectivity index is 3.78. The third-order valence-electron chi connectivity index (χ3n) is 2.95. The Morgan fingerprint density at radius 3 is 2.31 bits per heavy atom. The molecule has 0 fully saturated rings. The van der Waals surface area contributed by atoms with Crippen LogP contribution in [0.4, 0.5) is 0 Å². The molecule has 0 aliphatic heterocycles. The Labute approximate surface area is 100 Å². The summed E-state index contributed by atoms with van der Waals surface area (Å²) in [5.41, 5.74) is 0. The summed E-state index contributed by atoms with van der Waals surface area (Å²) in [6.45, 7) is 11.4. The smallest absolute Gasteiger partial charge is 0.237 e. The van der Waals surface area contributed by atoms with Crippen molar-refractivity contribution < 1.29 is 4.79 Å². The molecule has 3 nitrogen and oxygen atoms in total. The largest absolute Gasteiger partial charge is 0.352 e. The quantitative estimate of drug-likeness (QED) is 0.669. The van der Waals surface area contributed by atoms with Crippen LogP contribution in [0.3, 0.4) is 0 Å². The van der Waals surface area contributed by atoms with E-state index in [1.165, 1.54) is 12.8 Å². The number of carbonyl (C=O) groups is 1. The highest BCUT2D eigenvalue weighted by Crippen LogP contribution is 2.03. The van der Waals surface area contributed by atoms with Gasteiger partial charge in [-0.3, -0.25) is 4.79 Å². The van der Waals surface area contributed by atoms with Gasteiger partial charge in [0.05, 0.1) is 6.04 Å². The van der Waals surface area contributed by atoms with Gasteiger partial charge in [0.1, 0.15) is 0 Å². The van der Waals surface area contributed by atoms with Crippen molar-refractivity contribution in [1.82, 2.24) is 10.6 Å². The molecule has 0 spiro atoms. The second kappa shape index (κ2) is 8.57. The topological polar surface area (TPSA) is 41.1 Å². The van der Waals surface area contributed by atoms with E-state index in [0.29, 0.717) is 5.92 Å². The molecule has 0 aliphatic rings. The third kappa shape index (κ3) is 6.83. The molecule has 3 heteroatoms. The molecule has 0 rings (SSSR count). The molecule has 16 heavy (non-hydrogen) atoms. The van der Waals surface area contributed by atoms with Crippen LogP contribution in [0.1, 0.15) is 53.9 Å². The Morgan fingerprint density at radius 1 is 1.19 bits per heavy atom. The van der Waals surface area contributed by atoms with Crippen molar-refractivity contribution in [2.45, 2.75) is 66.0 Å². The fourth-order valence-corrected chi connectivity index (χ4v) is 1.54. The second-order valence-corrected chi connectivity index (χ2v) is 4.84. The normalized spacial score (nSPS) is 16.6. The van der Waals surface area contributed by atoms with E-state index in [4.69, 9.17) is 0 Å². The number of hydrogen-bond acceptors (Lipinski definition) is 2. The number of carbonyl (C=O) groups excluding carboxylic acids is 1. The summed E-state index contributed by atoms with van der Waals surface area (Å²) < 4.78 is 0. The molecule has 0 heterocycles. The summed E-state index contributed by atoms with van der Waals surface area (Å²) in [6, 6.07) is 0.179.